The van der Waals surface area contributed by atoms with E-state index in [0.29, 0.717) is 25.3 Å². The average Bonchev–Trinajstić information content (AvgIpc) is 2.27. The lowest BCUT2D eigenvalue weighted by molar-refractivity contribution is -0.129. The molecule has 4 nitrogen and oxygen atoms in total. The molecule has 2 atom stereocenters. The molecular formula is C12H22N2O2. The van der Waals surface area contributed by atoms with E-state index in [0.717, 1.165) is 19.3 Å². The number of amides is 1. The Hall–Kier alpha value is -0.610. The Balaban J connectivity index is 1.82. The lowest BCUT2D eigenvalue weighted by Crippen LogP contribution is -2.50. The summed E-state index contributed by atoms with van der Waals surface area (Å²) in [5.74, 6) is 0.627. The Kier molecular flexibility index (Phi) is 3.82. The fraction of sp³-hybridized carbons (Fsp3) is 0.917. The summed E-state index contributed by atoms with van der Waals surface area (Å²) < 4.78 is 0. The molecule has 4 heteroatoms. The summed E-state index contributed by atoms with van der Waals surface area (Å²) in [4.78, 5) is 12.0. The molecule has 2 rings (SSSR count). The van der Waals surface area contributed by atoms with Crippen molar-refractivity contribution in [2.45, 2.75) is 50.7 Å². The van der Waals surface area contributed by atoms with Crippen molar-refractivity contribution in [1.29, 1.82) is 0 Å². The van der Waals surface area contributed by atoms with E-state index in [4.69, 9.17) is 10.8 Å². The summed E-state index contributed by atoms with van der Waals surface area (Å²) in [7, 11) is 0. The van der Waals surface area contributed by atoms with Crippen molar-refractivity contribution in [2.24, 2.45) is 17.6 Å². The molecule has 2 unspecified atom stereocenters. The second-order valence-corrected chi connectivity index (χ2v) is 5.22. The zero-order valence-electron chi connectivity index (χ0n) is 9.69. The molecule has 0 aromatic rings. The summed E-state index contributed by atoms with van der Waals surface area (Å²) in [5.41, 5.74) is 5.71. The molecule has 0 heterocycles. The molecule has 1 amide bonds. The van der Waals surface area contributed by atoms with E-state index in [9.17, 15) is 4.79 Å². The summed E-state index contributed by atoms with van der Waals surface area (Å²) in [5, 5.41) is 12.2. The van der Waals surface area contributed by atoms with Crippen LogP contribution in [0.4, 0.5) is 0 Å². The van der Waals surface area contributed by atoms with Crippen molar-refractivity contribution < 1.29 is 9.90 Å². The minimum Gasteiger partial charge on any atom is -0.393 e. The predicted octanol–water partition coefficient (Wildman–Crippen LogP) is 0.391. The summed E-state index contributed by atoms with van der Waals surface area (Å²) >= 11 is 0. The Morgan fingerprint density at radius 1 is 1.31 bits per heavy atom. The predicted molar refractivity (Wildman–Crippen MR) is 61.7 cm³/mol. The first-order valence-electron chi connectivity index (χ1n) is 6.39. The molecule has 2 fully saturated rings. The summed E-state index contributed by atoms with van der Waals surface area (Å²) in [6.07, 6.45) is 5.62. The minimum absolute atomic E-state index is 0.108. The fourth-order valence-corrected chi connectivity index (χ4v) is 2.85. The smallest absolute Gasteiger partial charge is 0.223 e. The van der Waals surface area contributed by atoms with Gasteiger partial charge in [0, 0.05) is 12.0 Å². The maximum atomic E-state index is 12.0. The SMILES string of the molecule is NCC1CCCCC1C(=O)NC1CC(O)C1. The summed E-state index contributed by atoms with van der Waals surface area (Å²) in [6, 6.07) is 0.197. The van der Waals surface area contributed by atoms with Crippen LogP contribution in [0.1, 0.15) is 38.5 Å². The van der Waals surface area contributed by atoms with Crippen LogP contribution in [0.25, 0.3) is 0 Å². The van der Waals surface area contributed by atoms with Gasteiger partial charge in [-0.15, -0.1) is 0 Å². The lowest BCUT2D eigenvalue weighted by Gasteiger charge is -2.35. The second-order valence-electron chi connectivity index (χ2n) is 5.22. The van der Waals surface area contributed by atoms with E-state index in [2.05, 4.69) is 5.32 Å². The van der Waals surface area contributed by atoms with Gasteiger partial charge in [0.15, 0.2) is 0 Å². The van der Waals surface area contributed by atoms with Gasteiger partial charge in [-0.25, -0.2) is 0 Å². The number of hydrogen-bond acceptors (Lipinski definition) is 3. The van der Waals surface area contributed by atoms with Crippen LogP contribution in [-0.2, 0) is 4.79 Å². The highest BCUT2D eigenvalue weighted by molar-refractivity contribution is 5.79. The third kappa shape index (κ3) is 2.55. The van der Waals surface area contributed by atoms with E-state index in [1.165, 1.54) is 6.42 Å². The molecule has 0 aromatic heterocycles. The highest BCUT2D eigenvalue weighted by atomic mass is 16.3. The van der Waals surface area contributed by atoms with Gasteiger partial charge in [0.2, 0.25) is 5.91 Å². The minimum atomic E-state index is -0.207. The lowest BCUT2D eigenvalue weighted by atomic mass is 9.78. The van der Waals surface area contributed by atoms with Crippen LogP contribution in [0.5, 0.6) is 0 Å². The van der Waals surface area contributed by atoms with Gasteiger partial charge < -0.3 is 16.2 Å². The molecule has 2 aliphatic rings. The van der Waals surface area contributed by atoms with Crippen molar-refractivity contribution in [2.75, 3.05) is 6.54 Å². The standard InChI is InChI=1S/C12H22N2O2/c13-7-8-3-1-2-4-11(8)12(16)14-9-5-10(15)6-9/h8-11,15H,1-7,13H2,(H,14,16). The number of hydrogen-bond donors (Lipinski definition) is 3. The van der Waals surface area contributed by atoms with E-state index in [-0.39, 0.29) is 24.0 Å². The van der Waals surface area contributed by atoms with Crippen LogP contribution in [0.3, 0.4) is 0 Å². The van der Waals surface area contributed by atoms with Gasteiger partial charge >= 0.3 is 0 Å². The molecular weight excluding hydrogens is 204 g/mol. The Labute approximate surface area is 96.6 Å². The van der Waals surface area contributed by atoms with Gasteiger partial charge in [0.25, 0.3) is 0 Å². The number of rotatable bonds is 3. The monoisotopic (exact) mass is 226 g/mol. The van der Waals surface area contributed by atoms with Crippen LogP contribution < -0.4 is 11.1 Å². The first-order valence-corrected chi connectivity index (χ1v) is 6.39. The molecule has 2 saturated carbocycles. The van der Waals surface area contributed by atoms with Crippen LogP contribution in [-0.4, -0.2) is 29.7 Å². The molecule has 0 radical (unpaired) electrons. The maximum absolute atomic E-state index is 12.0. The second kappa shape index (κ2) is 5.15. The Bertz CT molecular complexity index is 251. The number of aliphatic hydroxyl groups excluding tert-OH is 1. The Morgan fingerprint density at radius 3 is 2.62 bits per heavy atom. The molecule has 92 valence electrons. The van der Waals surface area contributed by atoms with Crippen molar-refractivity contribution in [3.05, 3.63) is 0 Å². The molecule has 16 heavy (non-hydrogen) atoms. The summed E-state index contributed by atoms with van der Waals surface area (Å²) in [6.45, 7) is 0.616. The number of aliphatic hydroxyl groups is 1. The molecule has 0 aliphatic heterocycles. The highest BCUT2D eigenvalue weighted by Crippen LogP contribution is 2.30. The number of nitrogens with one attached hydrogen (secondary N) is 1. The number of carbonyl (C=O) groups is 1. The Morgan fingerprint density at radius 2 is 2.00 bits per heavy atom. The normalized spacial score (nSPS) is 38.9. The van der Waals surface area contributed by atoms with E-state index >= 15 is 0 Å². The van der Waals surface area contributed by atoms with Gasteiger partial charge in [-0.05, 0) is 38.1 Å². The van der Waals surface area contributed by atoms with Crippen LogP contribution in [0.2, 0.25) is 0 Å². The zero-order chi connectivity index (χ0) is 11.5. The molecule has 0 saturated heterocycles. The molecule has 4 N–H and O–H groups in total. The average molecular weight is 226 g/mol. The first kappa shape index (κ1) is 11.9. The maximum Gasteiger partial charge on any atom is 0.223 e. The first-order chi connectivity index (χ1) is 7.70. The fourth-order valence-electron chi connectivity index (χ4n) is 2.85. The van der Waals surface area contributed by atoms with Crippen LogP contribution in [0.15, 0.2) is 0 Å². The van der Waals surface area contributed by atoms with Crippen molar-refractivity contribution in [1.82, 2.24) is 5.32 Å². The van der Waals surface area contributed by atoms with Crippen LogP contribution in [0, 0.1) is 11.8 Å². The highest BCUT2D eigenvalue weighted by Gasteiger charge is 2.34. The van der Waals surface area contributed by atoms with Gasteiger partial charge in [0.1, 0.15) is 0 Å². The van der Waals surface area contributed by atoms with Crippen molar-refractivity contribution >= 4 is 5.91 Å². The van der Waals surface area contributed by atoms with Gasteiger partial charge in [-0.2, -0.15) is 0 Å². The van der Waals surface area contributed by atoms with Crippen LogP contribution >= 0.6 is 0 Å². The van der Waals surface area contributed by atoms with Gasteiger partial charge in [-0.3, -0.25) is 4.79 Å². The third-order valence-electron chi connectivity index (χ3n) is 4.01. The van der Waals surface area contributed by atoms with E-state index in [1.807, 2.05) is 0 Å². The third-order valence-corrected chi connectivity index (χ3v) is 4.01. The molecule has 0 bridgehead atoms. The van der Waals surface area contributed by atoms with Gasteiger partial charge in [-0.1, -0.05) is 12.8 Å². The van der Waals surface area contributed by atoms with E-state index < -0.39 is 0 Å². The number of carbonyl (C=O) groups excluding carboxylic acids is 1. The number of nitrogens with two attached hydrogens (primary N) is 1. The van der Waals surface area contributed by atoms with Gasteiger partial charge in [0.05, 0.1) is 6.10 Å². The van der Waals surface area contributed by atoms with E-state index in [1.54, 1.807) is 0 Å². The quantitative estimate of drug-likeness (QED) is 0.651. The zero-order valence-corrected chi connectivity index (χ0v) is 9.69. The molecule has 0 aromatic carbocycles. The largest absolute Gasteiger partial charge is 0.393 e. The molecule has 0 spiro atoms. The topological polar surface area (TPSA) is 75.4 Å². The van der Waals surface area contributed by atoms with Crippen molar-refractivity contribution in [3.8, 4) is 0 Å². The van der Waals surface area contributed by atoms with Crippen molar-refractivity contribution in [3.63, 3.8) is 0 Å². The molecule has 2 aliphatic carbocycles.